The van der Waals surface area contributed by atoms with E-state index in [1.54, 1.807) is 7.11 Å². The van der Waals surface area contributed by atoms with E-state index in [1.807, 2.05) is 55.5 Å². The number of methoxy groups -OCH3 is 1. The van der Waals surface area contributed by atoms with Gasteiger partial charge in [0.2, 0.25) is 0 Å². The minimum absolute atomic E-state index is 0.173. The maximum atomic E-state index is 12.9. The van der Waals surface area contributed by atoms with E-state index in [4.69, 9.17) is 9.72 Å². The minimum Gasteiger partial charge on any atom is -0.497 e. The number of aromatic nitrogens is 3. The maximum absolute atomic E-state index is 12.9. The zero-order chi connectivity index (χ0) is 21.4. The number of rotatable bonds is 4. The number of hydrogen-bond acceptors (Lipinski definition) is 4. The van der Waals surface area contributed by atoms with E-state index >= 15 is 0 Å². The van der Waals surface area contributed by atoms with Crippen LogP contribution in [0.4, 0.5) is 5.69 Å². The summed E-state index contributed by atoms with van der Waals surface area (Å²) in [7, 11) is 1.63. The molecule has 6 nitrogen and oxygen atoms in total. The first kappa shape index (κ1) is 19.3. The van der Waals surface area contributed by atoms with E-state index in [-0.39, 0.29) is 5.91 Å². The number of anilines is 1. The van der Waals surface area contributed by atoms with Gasteiger partial charge in [-0.25, -0.2) is 4.98 Å². The van der Waals surface area contributed by atoms with Gasteiger partial charge in [-0.2, -0.15) is 0 Å². The molecule has 1 amide bonds. The van der Waals surface area contributed by atoms with Crippen molar-refractivity contribution in [1.82, 2.24) is 14.5 Å². The van der Waals surface area contributed by atoms with Crippen molar-refractivity contribution in [3.63, 3.8) is 0 Å². The highest BCUT2D eigenvalue weighted by atomic mass is 16.5. The first-order valence-electron chi connectivity index (χ1n) is 10.5. The second kappa shape index (κ2) is 7.87. The van der Waals surface area contributed by atoms with Crippen LogP contribution in [0.5, 0.6) is 5.75 Å². The first-order chi connectivity index (χ1) is 15.1. The first-order valence-corrected chi connectivity index (χ1v) is 10.5. The topological polar surface area (TPSA) is 69.0 Å². The van der Waals surface area contributed by atoms with Crippen molar-refractivity contribution in [2.24, 2.45) is 0 Å². The molecule has 1 N–H and O–H groups in total. The molecule has 0 fully saturated rings. The molecule has 0 unspecified atom stereocenters. The fourth-order valence-corrected chi connectivity index (χ4v) is 4.07. The highest BCUT2D eigenvalue weighted by Gasteiger charge is 2.15. The Labute approximate surface area is 180 Å². The number of pyridine rings is 1. The molecule has 6 heteroatoms. The average Bonchev–Trinajstić information content (AvgIpc) is 3.23. The molecule has 156 valence electrons. The predicted molar refractivity (Wildman–Crippen MR) is 122 cm³/mol. The van der Waals surface area contributed by atoms with Crippen LogP contribution < -0.4 is 10.1 Å². The van der Waals surface area contributed by atoms with Gasteiger partial charge < -0.3 is 14.6 Å². The number of ether oxygens (including phenoxy) is 1. The van der Waals surface area contributed by atoms with Crippen LogP contribution in [-0.4, -0.2) is 27.6 Å². The molecule has 2 aromatic carbocycles. The Hall–Kier alpha value is -3.67. The number of amides is 1. The Bertz CT molecular complexity index is 1250. The fourth-order valence-electron chi connectivity index (χ4n) is 4.07. The summed E-state index contributed by atoms with van der Waals surface area (Å²) in [5, 5.41) is 3.88. The third kappa shape index (κ3) is 3.77. The summed E-state index contributed by atoms with van der Waals surface area (Å²) < 4.78 is 7.51. The van der Waals surface area contributed by atoms with Crippen LogP contribution >= 0.6 is 0 Å². The molecule has 0 saturated carbocycles. The van der Waals surface area contributed by atoms with Gasteiger partial charge in [-0.1, -0.05) is 12.1 Å². The van der Waals surface area contributed by atoms with Gasteiger partial charge in [0.15, 0.2) is 0 Å². The van der Waals surface area contributed by atoms with Crippen LogP contribution in [0.1, 0.15) is 34.7 Å². The third-order valence-corrected chi connectivity index (χ3v) is 5.81. The van der Waals surface area contributed by atoms with Crippen molar-refractivity contribution in [1.29, 1.82) is 0 Å². The monoisotopic (exact) mass is 412 g/mol. The SMILES string of the molecule is COc1ccc2cc(C(=O)Nc3ccc(-c4cn5c(n4)CCCC5)cc3)c(C)nc2c1. The maximum Gasteiger partial charge on any atom is 0.257 e. The highest BCUT2D eigenvalue weighted by Crippen LogP contribution is 2.25. The molecule has 0 saturated heterocycles. The van der Waals surface area contributed by atoms with Gasteiger partial charge in [0, 0.05) is 41.9 Å². The van der Waals surface area contributed by atoms with E-state index in [9.17, 15) is 4.79 Å². The number of carbonyl (C=O) groups excluding carboxylic acids is 1. The van der Waals surface area contributed by atoms with Gasteiger partial charge in [0.1, 0.15) is 11.6 Å². The Morgan fingerprint density at radius 1 is 1.06 bits per heavy atom. The second-order valence-corrected chi connectivity index (χ2v) is 7.90. The molecular formula is C25H24N4O2. The van der Waals surface area contributed by atoms with Gasteiger partial charge in [-0.3, -0.25) is 9.78 Å². The molecule has 3 heterocycles. The van der Waals surface area contributed by atoms with Crippen LogP contribution in [0.25, 0.3) is 22.2 Å². The number of nitrogens with zero attached hydrogens (tertiary/aromatic N) is 3. The molecule has 4 aromatic rings. The molecule has 0 radical (unpaired) electrons. The smallest absolute Gasteiger partial charge is 0.257 e. The molecular weight excluding hydrogens is 388 g/mol. The van der Waals surface area contributed by atoms with Gasteiger partial charge in [0.05, 0.1) is 29.6 Å². The Morgan fingerprint density at radius 3 is 2.68 bits per heavy atom. The minimum atomic E-state index is -0.173. The fraction of sp³-hybridized carbons (Fsp3) is 0.240. The summed E-state index contributed by atoms with van der Waals surface area (Å²) in [5.41, 5.74) is 4.83. The van der Waals surface area contributed by atoms with Crippen LogP contribution in [0.2, 0.25) is 0 Å². The molecule has 5 rings (SSSR count). The van der Waals surface area contributed by atoms with Crippen LogP contribution in [0.15, 0.2) is 54.7 Å². The normalized spacial score (nSPS) is 13.1. The summed E-state index contributed by atoms with van der Waals surface area (Å²) in [5.74, 6) is 1.73. The molecule has 0 spiro atoms. The van der Waals surface area contributed by atoms with Crippen LogP contribution in [0, 0.1) is 6.92 Å². The molecule has 0 atom stereocenters. The molecule has 1 aliphatic heterocycles. The zero-order valence-corrected chi connectivity index (χ0v) is 17.7. The zero-order valence-electron chi connectivity index (χ0n) is 17.7. The van der Waals surface area contributed by atoms with Crippen molar-refractivity contribution in [2.75, 3.05) is 12.4 Å². The molecule has 0 aliphatic carbocycles. The van der Waals surface area contributed by atoms with E-state index < -0.39 is 0 Å². The van der Waals surface area contributed by atoms with Crippen molar-refractivity contribution < 1.29 is 9.53 Å². The number of fused-ring (bicyclic) bond motifs is 2. The van der Waals surface area contributed by atoms with Gasteiger partial charge in [-0.05, 0) is 50.1 Å². The van der Waals surface area contributed by atoms with E-state index in [0.717, 1.165) is 52.4 Å². The van der Waals surface area contributed by atoms with Gasteiger partial charge in [-0.15, -0.1) is 0 Å². The predicted octanol–water partition coefficient (Wildman–Crippen LogP) is 5.00. The van der Waals surface area contributed by atoms with E-state index in [0.29, 0.717) is 11.3 Å². The Balaban J connectivity index is 1.35. The number of hydrogen-bond donors (Lipinski definition) is 1. The molecule has 2 aromatic heterocycles. The highest BCUT2D eigenvalue weighted by molar-refractivity contribution is 6.06. The second-order valence-electron chi connectivity index (χ2n) is 7.90. The summed E-state index contributed by atoms with van der Waals surface area (Å²) in [6.07, 6.45) is 5.59. The average molecular weight is 412 g/mol. The van der Waals surface area contributed by atoms with Crippen LogP contribution in [-0.2, 0) is 13.0 Å². The van der Waals surface area contributed by atoms with Crippen molar-refractivity contribution in [3.8, 4) is 17.0 Å². The quantitative estimate of drug-likeness (QED) is 0.512. The molecule has 31 heavy (non-hydrogen) atoms. The summed E-state index contributed by atoms with van der Waals surface area (Å²) in [6.45, 7) is 2.89. The lowest BCUT2D eigenvalue weighted by molar-refractivity contribution is 0.102. The third-order valence-electron chi connectivity index (χ3n) is 5.81. The van der Waals surface area contributed by atoms with Crippen LogP contribution in [0.3, 0.4) is 0 Å². The van der Waals surface area contributed by atoms with E-state index in [1.165, 1.54) is 12.8 Å². The van der Waals surface area contributed by atoms with Gasteiger partial charge in [0.25, 0.3) is 5.91 Å². The number of imidazole rings is 1. The van der Waals surface area contributed by atoms with Crippen molar-refractivity contribution in [2.45, 2.75) is 32.7 Å². The Kier molecular flexibility index (Phi) is 4.90. The Morgan fingerprint density at radius 2 is 1.90 bits per heavy atom. The standard InChI is InChI=1S/C25H24N4O2/c1-16-21(13-18-8-11-20(31-2)14-22(18)26-16)25(30)27-19-9-6-17(7-10-19)23-15-29-12-4-3-5-24(29)28-23/h6-11,13-15H,3-5,12H2,1-2H3,(H,27,30). The number of aryl methyl sites for hydroxylation is 3. The summed E-state index contributed by atoms with van der Waals surface area (Å²) in [6, 6.07) is 15.4. The van der Waals surface area contributed by atoms with Crippen molar-refractivity contribution >= 4 is 22.5 Å². The van der Waals surface area contributed by atoms with E-state index in [2.05, 4.69) is 21.1 Å². The number of carbonyl (C=O) groups is 1. The number of benzene rings is 2. The lowest BCUT2D eigenvalue weighted by atomic mass is 10.1. The summed E-state index contributed by atoms with van der Waals surface area (Å²) in [4.78, 5) is 22.2. The lowest BCUT2D eigenvalue weighted by Gasteiger charge is -2.11. The summed E-state index contributed by atoms with van der Waals surface area (Å²) >= 11 is 0. The molecule has 1 aliphatic rings. The largest absolute Gasteiger partial charge is 0.497 e. The van der Waals surface area contributed by atoms with Crippen molar-refractivity contribution in [3.05, 3.63) is 71.8 Å². The molecule has 0 bridgehead atoms. The van der Waals surface area contributed by atoms with Gasteiger partial charge >= 0.3 is 0 Å². The lowest BCUT2D eigenvalue weighted by Crippen LogP contribution is -2.14. The number of nitrogens with one attached hydrogen (secondary N) is 1.